The van der Waals surface area contributed by atoms with Gasteiger partial charge in [-0.25, -0.2) is 9.79 Å². The van der Waals surface area contributed by atoms with E-state index < -0.39 is 5.97 Å². The molecule has 0 unspecified atom stereocenters. The van der Waals surface area contributed by atoms with Gasteiger partial charge < -0.3 is 14.6 Å². The van der Waals surface area contributed by atoms with Crippen LogP contribution >= 0.6 is 11.8 Å². The highest BCUT2D eigenvalue weighted by Crippen LogP contribution is 2.34. The summed E-state index contributed by atoms with van der Waals surface area (Å²) in [5.74, 6) is -0.248. The molecule has 28 heavy (non-hydrogen) atoms. The molecule has 1 N–H and O–H groups in total. The van der Waals surface area contributed by atoms with Crippen LogP contribution in [0.4, 0.5) is 5.69 Å². The minimum atomic E-state index is -0.422. The lowest BCUT2D eigenvalue weighted by Gasteiger charge is -2.07. The maximum absolute atomic E-state index is 12.5. The van der Waals surface area contributed by atoms with Gasteiger partial charge in [-0.1, -0.05) is 6.07 Å². The maximum Gasteiger partial charge on any atom is 0.337 e. The zero-order chi connectivity index (χ0) is 20.3. The molecule has 0 bridgehead atoms. The van der Waals surface area contributed by atoms with E-state index in [0.717, 1.165) is 0 Å². The fourth-order valence-electron chi connectivity index (χ4n) is 2.50. The van der Waals surface area contributed by atoms with Crippen LogP contribution in [0, 0.1) is 0 Å². The van der Waals surface area contributed by atoms with Crippen molar-refractivity contribution in [2.75, 3.05) is 21.3 Å². The van der Waals surface area contributed by atoms with Crippen molar-refractivity contribution in [3.05, 3.63) is 58.5 Å². The quantitative estimate of drug-likeness (QED) is 0.627. The van der Waals surface area contributed by atoms with Gasteiger partial charge in [-0.15, -0.1) is 0 Å². The molecule has 0 saturated carbocycles. The summed E-state index contributed by atoms with van der Waals surface area (Å²) in [6.45, 7) is 0. The summed E-state index contributed by atoms with van der Waals surface area (Å²) >= 11 is 1.23. The lowest BCUT2D eigenvalue weighted by Crippen LogP contribution is -2.23. The van der Waals surface area contributed by atoms with E-state index >= 15 is 0 Å². The Morgan fingerprint density at radius 3 is 2.50 bits per heavy atom. The summed E-state index contributed by atoms with van der Waals surface area (Å²) in [5.41, 5.74) is 1.71. The SMILES string of the molecule is COC(=O)c1ccc(N=C2S/C(=C/c3ccc(OC)c(O)c3)C(=O)N2C)cc1. The highest BCUT2D eigenvalue weighted by molar-refractivity contribution is 8.18. The number of methoxy groups -OCH3 is 2. The van der Waals surface area contributed by atoms with Gasteiger partial charge in [-0.3, -0.25) is 9.69 Å². The van der Waals surface area contributed by atoms with Gasteiger partial charge in [0.1, 0.15) is 0 Å². The van der Waals surface area contributed by atoms with Gasteiger partial charge in [0.15, 0.2) is 16.7 Å². The number of ether oxygens (including phenoxy) is 2. The molecule has 144 valence electrons. The molecule has 1 aliphatic heterocycles. The molecule has 0 radical (unpaired) electrons. The van der Waals surface area contributed by atoms with Crippen molar-refractivity contribution in [3.8, 4) is 11.5 Å². The van der Waals surface area contributed by atoms with E-state index in [1.807, 2.05) is 0 Å². The van der Waals surface area contributed by atoms with Crippen molar-refractivity contribution >= 4 is 40.6 Å². The molecule has 1 amide bonds. The maximum atomic E-state index is 12.5. The Bertz CT molecular complexity index is 983. The van der Waals surface area contributed by atoms with Crippen LogP contribution in [0.2, 0.25) is 0 Å². The van der Waals surface area contributed by atoms with E-state index in [9.17, 15) is 14.7 Å². The van der Waals surface area contributed by atoms with Gasteiger partial charge in [0, 0.05) is 7.05 Å². The molecule has 1 aliphatic rings. The van der Waals surface area contributed by atoms with Crippen molar-refractivity contribution in [2.24, 2.45) is 4.99 Å². The summed E-state index contributed by atoms with van der Waals surface area (Å²) in [6.07, 6.45) is 1.69. The van der Waals surface area contributed by atoms with Crippen molar-refractivity contribution in [1.29, 1.82) is 0 Å². The number of rotatable bonds is 4. The number of carbonyl (C=O) groups excluding carboxylic acids is 2. The molecule has 1 saturated heterocycles. The third-order valence-electron chi connectivity index (χ3n) is 4.02. The molecule has 0 aliphatic carbocycles. The highest BCUT2D eigenvalue weighted by atomic mass is 32.2. The van der Waals surface area contributed by atoms with Crippen LogP contribution in [-0.2, 0) is 9.53 Å². The first-order chi connectivity index (χ1) is 13.4. The lowest BCUT2D eigenvalue weighted by molar-refractivity contribution is -0.121. The Hall–Kier alpha value is -3.26. The number of benzene rings is 2. The van der Waals surface area contributed by atoms with E-state index in [1.54, 1.807) is 49.5 Å². The molecule has 3 rings (SSSR count). The molecular formula is C20H18N2O5S. The number of likely N-dealkylation sites (N-methyl/N-ethyl adjacent to an activating group) is 1. The normalized spacial score (nSPS) is 16.7. The number of carbonyl (C=O) groups is 2. The number of nitrogens with zero attached hydrogens (tertiary/aromatic N) is 2. The second-order valence-corrected chi connectivity index (χ2v) is 6.85. The van der Waals surface area contributed by atoms with Gasteiger partial charge in [-0.05, 0) is 59.8 Å². The van der Waals surface area contributed by atoms with Crippen LogP contribution in [0.15, 0.2) is 52.4 Å². The molecule has 1 fully saturated rings. The fraction of sp³-hybridized carbons (Fsp3) is 0.150. The number of thioether (sulfide) groups is 1. The summed E-state index contributed by atoms with van der Waals surface area (Å²) < 4.78 is 9.69. The second-order valence-electron chi connectivity index (χ2n) is 5.84. The van der Waals surface area contributed by atoms with Crippen molar-refractivity contribution in [2.45, 2.75) is 0 Å². The number of phenols is 1. The molecule has 2 aromatic rings. The molecule has 8 heteroatoms. The van der Waals surface area contributed by atoms with Gasteiger partial charge in [-0.2, -0.15) is 0 Å². The topological polar surface area (TPSA) is 88.4 Å². The van der Waals surface area contributed by atoms with E-state index in [-0.39, 0.29) is 11.7 Å². The minimum Gasteiger partial charge on any atom is -0.504 e. The first kappa shape index (κ1) is 19.5. The summed E-state index contributed by atoms with van der Waals surface area (Å²) in [7, 11) is 4.44. The third kappa shape index (κ3) is 4.01. The van der Waals surface area contributed by atoms with E-state index in [2.05, 4.69) is 9.73 Å². The molecule has 0 spiro atoms. The number of hydrogen-bond donors (Lipinski definition) is 1. The zero-order valence-electron chi connectivity index (χ0n) is 15.5. The largest absolute Gasteiger partial charge is 0.504 e. The van der Waals surface area contributed by atoms with Gasteiger partial charge in [0.2, 0.25) is 0 Å². The number of amides is 1. The van der Waals surface area contributed by atoms with Crippen LogP contribution in [-0.4, -0.2) is 48.3 Å². The van der Waals surface area contributed by atoms with E-state index in [4.69, 9.17) is 4.74 Å². The van der Waals surface area contributed by atoms with Gasteiger partial charge in [0.25, 0.3) is 5.91 Å². The zero-order valence-corrected chi connectivity index (χ0v) is 16.3. The molecular weight excluding hydrogens is 380 g/mol. The number of aliphatic imine (C=N–C) groups is 1. The number of hydrogen-bond acceptors (Lipinski definition) is 7. The number of esters is 1. The molecule has 1 heterocycles. The predicted molar refractivity (Wildman–Crippen MR) is 108 cm³/mol. The van der Waals surface area contributed by atoms with Crippen LogP contribution in [0.25, 0.3) is 6.08 Å². The Balaban J connectivity index is 1.83. The Morgan fingerprint density at radius 2 is 1.89 bits per heavy atom. The smallest absolute Gasteiger partial charge is 0.337 e. The number of amidine groups is 1. The van der Waals surface area contributed by atoms with Crippen molar-refractivity contribution in [3.63, 3.8) is 0 Å². The number of phenolic OH excluding ortho intramolecular Hbond substituents is 1. The van der Waals surface area contributed by atoms with Crippen molar-refractivity contribution in [1.82, 2.24) is 4.90 Å². The average molecular weight is 398 g/mol. The average Bonchev–Trinajstić information content (AvgIpc) is 2.96. The van der Waals surface area contributed by atoms with Crippen LogP contribution < -0.4 is 4.74 Å². The minimum absolute atomic E-state index is 0.000219. The Kier molecular flexibility index (Phi) is 5.70. The molecule has 0 aromatic heterocycles. The van der Waals surface area contributed by atoms with Crippen molar-refractivity contribution < 1.29 is 24.2 Å². The van der Waals surface area contributed by atoms with Crippen LogP contribution in [0.5, 0.6) is 11.5 Å². The summed E-state index contributed by atoms with van der Waals surface area (Å²) in [6, 6.07) is 11.5. The summed E-state index contributed by atoms with van der Waals surface area (Å²) in [5, 5.41) is 10.4. The van der Waals surface area contributed by atoms with Crippen LogP contribution in [0.1, 0.15) is 15.9 Å². The second kappa shape index (κ2) is 8.18. The molecule has 0 atom stereocenters. The third-order valence-corrected chi connectivity index (χ3v) is 5.08. The first-order valence-electron chi connectivity index (χ1n) is 8.24. The Labute approximate surface area is 166 Å². The van der Waals surface area contributed by atoms with E-state index in [0.29, 0.717) is 32.6 Å². The van der Waals surface area contributed by atoms with Gasteiger partial charge in [0.05, 0.1) is 30.4 Å². The lowest BCUT2D eigenvalue weighted by atomic mass is 10.2. The van der Waals surface area contributed by atoms with Gasteiger partial charge >= 0.3 is 5.97 Å². The Morgan fingerprint density at radius 1 is 1.18 bits per heavy atom. The standard InChI is InChI=1S/C20H18N2O5S/c1-22-18(24)17(11-12-4-9-16(26-2)15(23)10-12)28-20(22)21-14-7-5-13(6-8-14)19(25)27-3/h4-11,23H,1-3H3/b17-11+,21-20?. The summed E-state index contributed by atoms with van der Waals surface area (Å²) in [4.78, 5) is 30.4. The van der Waals surface area contributed by atoms with E-state index in [1.165, 1.54) is 36.9 Å². The molecule has 7 nitrogen and oxygen atoms in total. The number of aromatic hydroxyl groups is 1. The monoisotopic (exact) mass is 398 g/mol. The highest BCUT2D eigenvalue weighted by Gasteiger charge is 2.30. The molecule has 2 aromatic carbocycles. The predicted octanol–water partition coefficient (Wildman–Crippen LogP) is 3.42. The first-order valence-corrected chi connectivity index (χ1v) is 9.06. The fourth-order valence-corrected chi connectivity index (χ4v) is 3.49. The van der Waals surface area contributed by atoms with Crippen LogP contribution in [0.3, 0.4) is 0 Å².